The van der Waals surface area contributed by atoms with Crippen LogP contribution in [0.15, 0.2) is 30.4 Å². The first-order chi connectivity index (χ1) is 26.3. The van der Waals surface area contributed by atoms with Crippen LogP contribution in [0.3, 0.4) is 0 Å². The molecule has 300 valence electrons. The van der Waals surface area contributed by atoms with Gasteiger partial charge in [0.15, 0.2) is 0 Å². The van der Waals surface area contributed by atoms with Crippen LogP contribution in [0.25, 0.3) is 0 Å². The highest BCUT2D eigenvalue weighted by Crippen LogP contribution is 2.46. The van der Waals surface area contributed by atoms with Crippen molar-refractivity contribution in [2.45, 2.75) is 132 Å². The van der Waals surface area contributed by atoms with Gasteiger partial charge in [0, 0.05) is 37.3 Å². The molecule has 17 heteroatoms. The van der Waals surface area contributed by atoms with Gasteiger partial charge in [0.25, 0.3) is 5.91 Å². The molecule has 1 aromatic carbocycles. The zero-order valence-electron chi connectivity index (χ0n) is 31.1. The highest BCUT2D eigenvalue weighted by atomic mass is 32.2. The fourth-order valence-electron chi connectivity index (χ4n) is 7.69. The van der Waals surface area contributed by atoms with Crippen molar-refractivity contribution in [3.8, 4) is 0 Å². The van der Waals surface area contributed by atoms with Gasteiger partial charge in [-0.05, 0) is 56.6 Å². The van der Waals surface area contributed by atoms with Gasteiger partial charge >= 0.3 is 12.1 Å². The number of carbonyl (C=O) groups excluding carboxylic acids is 6. The van der Waals surface area contributed by atoms with E-state index in [1.54, 1.807) is 12.1 Å². The summed E-state index contributed by atoms with van der Waals surface area (Å²) in [5, 5.41) is 4.92. The smallest absolute Gasteiger partial charge is 0.410 e. The number of nitrogens with one attached hydrogen (secondary N) is 3. The number of methoxy groups -OCH3 is 1. The Morgan fingerprint density at radius 2 is 1.78 bits per heavy atom. The van der Waals surface area contributed by atoms with Crippen molar-refractivity contribution in [1.29, 1.82) is 0 Å². The van der Waals surface area contributed by atoms with E-state index in [1.807, 2.05) is 12.2 Å². The standard InChI is InChI=1S/C38H50FN5O10S/c1-53-33(46)16-10-15-32(45)40-30-14-8-6-4-2-3-5-7-12-25-20-38(25,36(49)42-55(51,52)27-17-18-27)41-34(47)31-19-26(22-44(31)35(30)48)54-37(50)43-21-24-11-9-13-29(39)28(24)23-43/h7,9,11-13,25-27,30-31H,2-6,8,10,14-23H2,1H3,(H,40,45)(H,41,47)(H,42,49)/b12-7-/t25-,26+,30-,31-,38+/m0/s1. The molecule has 6 rings (SSSR count). The van der Waals surface area contributed by atoms with Crippen molar-refractivity contribution in [3.05, 3.63) is 47.3 Å². The molecule has 3 fully saturated rings. The van der Waals surface area contributed by atoms with Crippen LogP contribution in [0.2, 0.25) is 0 Å². The second kappa shape index (κ2) is 17.1. The summed E-state index contributed by atoms with van der Waals surface area (Å²) in [7, 11) is -2.69. The number of fused-ring (bicyclic) bond motifs is 3. The van der Waals surface area contributed by atoms with Crippen molar-refractivity contribution < 1.29 is 51.0 Å². The second-order valence-corrected chi connectivity index (χ2v) is 17.2. The Labute approximate surface area is 320 Å². The van der Waals surface area contributed by atoms with Gasteiger partial charge in [-0.1, -0.05) is 50.0 Å². The molecule has 3 heterocycles. The molecule has 55 heavy (non-hydrogen) atoms. The number of ether oxygens (including phenoxy) is 2. The summed E-state index contributed by atoms with van der Waals surface area (Å²) in [5.74, 6) is -4.03. The van der Waals surface area contributed by atoms with Crippen LogP contribution in [0.1, 0.15) is 101 Å². The van der Waals surface area contributed by atoms with Crippen molar-refractivity contribution >= 4 is 45.7 Å². The number of carbonyl (C=O) groups is 6. The van der Waals surface area contributed by atoms with Gasteiger partial charge in [-0.15, -0.1) is 0 Å². The van der Waals surface area contributed by atoms with E-state index in [1.165, 1.54) is 23.0 Å². The van der Waals surface area contributed by atoms with Gasteiger partial charge in [0.2, 0.25) is 27.7 Å². The van der Waals surface area contributed by atoms with E-state index < -0.39 is 86.4 Å². The van der Waals surface area contributed by atoms with Crippen LogP contribution in [0, 0.1) is 11.7 Å². The Kier molecular flexibility index (Phi) is 12.5. The zero-order valence-corrected chi connectivity index (χ0v) is 31.9. The van der Waals surface area contributed by atoms with E-state index in [0.717, 1.165) is 32.1 Å². The number of sulfonamides is 1. The molecule has 0 bridgehead atoms. The molecule has 5 aliphatic rings. The SMILES string of the molecule is COC(=O)CCCC(=O)N[C@H]1CCCCCCC/C=C\[C@H]2C[C@@]2(C(=O)NS(=O)(=O)C2CC2)NC(=O)[C@@H]2C[C@@H](OC(=O)N3Cc4cccc(F)c4C3)CN2C1=O. The van der Waals surface area contributed by atoms with Crippen LogP contribution in [-0.2, 0) is 56.6 Å². The van der Waals surface area contributed by atoms with Gasteiger partial charge < -0.3 is 25.0 Å². The molecule has 3 aliphatic heterocycles. The minimum Gasteiger partial charge on any atom is -0.469 e. The summed E-state index contributed by atoms with van der Waals surface area (Å²) < 4.78 is 52.8. The van der Waals surface area contributed by atoms with E-state index in [-0.39, 0.29) is 58.2 Å². The van der Waals surface area contributed by atoms with Crippen LogP contribution in [0.5, 0.6) is 0 Å². The maximum atomic E-state index is 14.5. The molecule has 3 N–H and O–H groups in total. The van der Waals surface area contributed by atoms with E-state index in [9.17, 15) is 41.6 Å². The Hall–Kier alpha value is -4.54. The Bertz CT molecular complexity index is 1820. The van der Waals surface area contributed by atoms with Crippen molar-refractivity contribution in [3.63, 3.8) is 0 Å². The Morgan fingerprint density at radius 1 is 1.02 bits per heavy atom. The number of benzene rings is 1. The molecule has 1 aromatic rings. The van der Waals surface area contributed by atoms with Crippen molar-refractivity contribution in [1.82, 2.24) is 25.2 Å². The van der Waals surface area contributed by atoms with Gasteiger partial charge in [0.05, 0.1) is 25.4 Å². The van der Waals surface area contributed by atoms with Crippen LogP contribution < -0.4 is 15.4 Å². The molecule has 0 aromatic heterocycles. The monoisotopic (exact) mass is 787 g/mol. The summed E-state index contributed by atoms with van der Waals surface area (Å²) in [6.45, 7) is -0.1000. The normalized spacial score (nSPS) is 27.7. The number of rotatable bonds is 9. The molecule has 0 unspecified atom stereocenters. The lowest BCUT2D eigenvalue weighted by Gasteiger charge is -2.30. The van der Waals surface area contributed by atoms with Crippen LogP contribution >= 0.6 is 0 Å². The Morgan fingerprint density at radius 3 is 2.53 bits per heavy atom. The second-order valence-electron chi connectivity index (χ2n) is 15.3. The molecular weight excluding hydrogens is 738 g/mol. The molecular formula is C38H50FN5O10S. The molecule has 2 saturated carbocycles. The highest BCUT2D eigenvalue weighted by molar-refractivity contribution is 7.91. The molecule has 5 amide bonds. The van der Waals surface area contributed by atoms with E-state index in [2.05, 4.69) is 20.1 Å². The molecule has 5 atom stereocenters. The minimum atomic E-state index is -3.94. The number of halogens is 1. The summed E-state index contributed by atoms with van der Waals surface area (Å²) in [4.78, 5) is 83.1. The van der Waals surface area contributed by atoms with Crippen molar-refractivity contribution in [2.24, 2.45) is 5.92 Å². The molecule has 0 spiro atoms. The highest BCUT2D eigenvalue weighted by Gasteiger charge is 2.62. The maximum Gasteiger partial charge on any atom is 0.410 e. The summed E-state index contributed by atoms with van der Waals surface area (Å²) in [5.41, 5.74) is -0.557. The van der Waals surface area contributed by atoms with Crippen LogP contribution in [0.4, 0.5) is 9.18 Å². The summed E-state index contributed by atoms with van der Waals surface area (Å²) >= 11 is 0. The number of hydrogen-bond acceptors (Lipinski definition) is 10. The van der Waals surface area contributed by atoms with Gasteiger partial charge in [-0.2, -0.15) is 0 Å². The maximum absolute atomic E-state index is 14.5. The summed E-state index contributed by atoms with van der Waals surface area (Å²) in [6, 6.07) is 2.30. The lowest BCUT2D eigenvalue weighted by atomic mass is 10.0. The molecule has 2 aliphatic carbocycles. The first-order valence-electron chi connectivity index (χ1n) is 19.2. The number of allylic oxidation sites excluding steroid dienone is 1. The average molecular weight is 788 g/mol. The third-order valence-electron chi connectivity index (χ3n) is 11.1. The predicted molar refractivity (Wildman–Crippen MR) is 194 cm³/mol. The first kappa shape index (κ1) is 40.1. The Balaban J connectivity index is 1.24. The van der Waals surface area contributed by atoms with E-state index in [0.29, 0.717) is 30.4 Å². The first-order valence-corrected chi connectivity index (χ1v) is 20.8. The third-order valence-corrected chi connectivity index (χ3v) is 13.0. The molecule has 0 radical (unpaired) electrons. The molecule has 1 saturated heterocycles. The van der Waals surface area contributed by atoms with Gasteiger partial charge in [0.1, 0.15) is 29.5 Å². The number of hydrogen-bond donors (Lipinski definition) is 3. The van der Waals surface area contributed by atoms with E-state index in [4.69, 9.17) is 4.74 Å². The number of esters is 1. The third kappa shape index (κ3) is 9.65. The fraction of sp³-hybridized carbons (Fsp3) is 0.632. The lowest BCUT2D eigenvalue weighted by molar-refractivity contribution is -0.143. The van der Waals surface area contributed by atoms with E-state index >= 15 is 0 Å². The van der Waals surface area contributed by atoms with Gasteiger partial charge in [-0.25, -0.2) is 17.6 Å². The quantitative estimate of drug-likeness (QED) is 0.247. The average Bonchev–Trinajstić information content (AvgIpc) is 4.03. The topological polar surface area (TPSA) is 198 Å². The fourth-order valence-corrected chi connectivity index (χ4v) is 9.05. The largest absolute Gasteiger partial charge is 0.469 e. The molecule has 15 nitrogen and oxygen atoms in total. The lowest BCUT2D eigenvalue weighted by Crippen LogP contribution is -2.58. The van der Waals surface area contributed by atoms with Crippen LogP contribution in [-0.4, -0.2) is 96.5 Å². The number of nitrogens with zero attached hydrogens (tertiary/aromatic N) is 2. The summed E-state index contributed by atoms with van der Waals surface area (Å²) in [6.07, 6.45) is 8.13. The van der Waals surface area contributed by atoms with Crippen molar-refractivity contribution in [2.75, 3.05) is 13.7 Å². The predicted octanol–water partition coefficient (Wildman–Crippen LogP) is 2.86. The number of amides is 5. The zero-order chi connectivity index (χ0) is 39.3. The van der Waals surface area contributed by atoms with Gasteiger partial charge in [-0.3, -0.25) is 33.6 Å². The minimum absolute atomic E-state index is 0.0134.